The van der Waals surface area contributed by atoms with E-state index in [4.69, 9.17) is 4.74 Å². The maximum Gasteiger partial charge on any atom is 0.322 e. The van der Waals surface area contributed by atoms with Gasteiger partial charge < -0.3 is 9.72 Å². The van der Waals surface area contributed by atoms with Crippen LogP contribution in [-0.4, -0.2) is 33.9 Å². The zero-order chi connectivity index (χ0) is 25.8. The maximum absolute atomic E-state index is 13.4. The molecule has 2 heterocycles. The largest absolute Gasteiger partial charge is 0.424 e. The zero-order valence-electron chi connectivity index (χ0n) is 20.7. The molecule has 2 N–H and O–H groups in total. The number of hydrogen-bond acceptors (Lipinski definition) is 5. The molecule has 5 aromatic rings. The Kier molecular flexibility index (Phi) is 7.07. The molecule has 3 aromatic carbocycles. The lowest BCUT2D eigenvalue weighted by molar-refractivity contribution is 0.408. The number of rotatable bonds is 10. The number of ether oxygens (including phenoxy) is 1. The first kappa shape index (κ1) is 24.7. The van der Waals surface area contributed by atoms with Crippen molar-refractivity contribution in [2.45, 2.75) is 32.4 Å². The molecule has 0 amide bonds. The highest BCUT2D eigenvalue weighted by molar-refractivity contribution is 7.89. The monoisotopic (exact) mass is 515 g/mol. The van der Waals surface area contributed by atoms with Gasteiger partial charge in [0.2, 0.25) is 10.0 Å². The van der Waals surface area contributed by atoms with E-state index in [1.807, 2.05) is 98.0 Å². The van der Waals surface area contributed by atoms with Crippen molar-refractivity contribution in [1.29, 1.82) is 0 Å². The van der Waals surface area contributed by atoms with Gasteiger partial charge in [0.1, 0.15) is 5.75 Å². The first-order chi connectivity index (χ1) is 17.9. The topological polar surface area (TPSA) is 102 Å². The lowest BCUT2D eigenvalue weighted by Crippen LogP contribution is -2.33. The summed E-state index contributed by atoms with van der Waals surface area (Å²) in [6.45, 7) is 4.23. The number of sulfonamides is 1. The van der Waals surface area contributed by atoms with Crippen molar-refractivity contribution in [1.82, 2.24) is 24.5 Å². The fourth-order valence-electron chi connectivity index (χ4n) is 4.53. The highest BCUT2D eigenvalue weighted by Crippen LogP contribution is 2.28. The third kappa shape index (κ3) is 5.58. The molecule has 0 saturated heterocycles. The lowest BCUT2D eigenvalue weighted by atomic mass is 9.93. The minimum Gasteiger partial charge on any atom is -0.424 e. The molecule has 2 aromatic heterocycles. The van der Waals surface area contributed by atoms with Gasteiger partial charge in [-0.05, 0) is 48.6 Å². The molecule has 0 radical (unpaired) electrons. The molecule has 8 nitrogen and oxygen atoms in total. The number of aromatic amines is 1. The molecule has 0 aliphatic carbocycles. The lowest BCUT2D eigenvalue weighted by Gasteiger charge is -2.20. The molecule has 190 valence electrons. The summed E-state index contributed by atoms with van der Waals surface area (Å²) in [6.07, 6.45) is 1.87. The number of fused-ring (bicyclic) bond motifs is 1. The number of nitrogens with zero attached hydrogens (tertiary/aromatic N) is 3. The molecular weight excluding hydrogens is 486 g/mol. The van der Waals surface area contributed by atoms with E-state index < -0.39 is 16.1 Å². The standard InChI is InChI=1S/C28H29N5O3S/c1-3-33-27(30-31-28(33)36-24-15-14-23-16-17-29-26(23)18-24)20(2)32-37(34,35)19-25(21-10-6-4-7-11-21)22-12-8-5-9-13-22/h4-18,20,25,29,32H,3,19H2,1-2H3/t20-/m1/s1. The van der Waals surface area contributed by atoms with E-state index in [-0.39, 0.29) is 11.7 Å². The Morgan fingerprint density at radius 3 is 2.27 bits per heavy atom. The molecule has 5 rings (SSSR count). The molecule has 0 spiro atoms. The predicted octanol–water partition coefficient (Wildman–Crippen LogP) is 5.38. The molecule has 1 atom stereocenters. The van der Waals surface area contributed by atoms with Gasteiger partial charge >= 0.3 is 6.01 Å². The average molecular weight is 516 g/mol. The molecule has 0 unspecified atom stereocenters. The SMILES string of the molecule is CCn1c(Oc2ccc3cc[nH]c3c2)nnc1[C@@H](C)NS(=O)(=O)CC(c1ccccc1)c1ccccc1. The van der Waals surface area contributed by atoms with Crippen LogP contribution in [0.2, 0.25) is 0 Å². The number of hydrogen-bond donors (Lipinski definition) is 2. The van der Waals surface area contributed by atoms with Gasteiger partial charge in [-0.2, -0.15) is 0 Å². The van der Waals surface area contributed by atoms with Gasteiger partial charge in [-0.15, -0.1) is 5.10 Å². The van der Waals surface area contributed by atoms with Crippen molar-refractivity contribution in [3.8, 4) is 11.8 Å². The van der Waals surface area contributed by atoms with Crippen LogP contribution < -0.4 is 9.46 Å². The Morgan fingerprint density at radius 1 is 0.946 bits per heavy atom. The number of nitrogens with one attached hydrogen (secondary N) is 2. The van der Waals surface area contributed by atoms with E-state index in [0.717, 1.165) is 22.0 Å². The molecular formula is C28H29N5O3S. The van der Waals surface area contributed by atoms with Crippen LogP contribution in [0.4, 0.5) is 0 Å². The summed E-state index contributed by atoms with van der Waals surface area (Å²) < 4.78 is 37.3. The molecule has 0 aliphatic rings. The van der Waals surface area contributed by atoms with Crippen molar-refractivity contribution in [3.63, 3.8) is 0 Å². The van der Waals surface area contributed by atoms with Crippen LogP contribution in [0.1, 0.15) is 42.8 Å². The van der Waals surface area contributed by atoms with E-state index in [9.17, 15) is 8.42 Å². The van der Waals surface area contributed by atoms with Crippen molar-refractivity contribution in [2.24, 2.45) is 0 Å². The number of H-pyrrole nitrogens is 1. The van der Waals surface area contributed by atoms with Gasteiger partial charge in [0.05, 0.1) is 11.8 Å². The van der Waals surface area contributed by atoms with Crippen molar-refractivity contribution in [2.75, 3.05) is 5.75 Å². The molecule has 0 aliphatic heterocycles. The second kappa shape index (κ2) is 10.6. The van der Waals surface area contributed by atoms with Gasteiger partial charge in [0.15, 0.2) is 5.82 Å². The van der Waals surface area contributed by atoms with Crippen LogP contribution >= 0.6 is 0 Å². The Bertz CT molecular complexity index is 1540. The zero-order valence-corrected chi connectivity index (χ0v) is 21.5. The van der Waals surface area contributed by atoms with Gasteiger partial charge in [-0.25, -0.2) is 13.1 Å². The summed E-state index contributed by atoms with van der Waals surface area (Å²) in [5.41, 5.74) is 2.84. The van der Waals surface area contributed by atoms with Crippen LogP contribution in [0, 0.1) is 0 Å². The highest BCUT2D eigenvalue weighted by Gasteiger charge is 2.27. The normalized spacial score (nSPS) is 12.7. The van der Waals surface area contributed by atoms with Crippen molar-refractivity contribution < 1.29 is 13.2 Å². The molecule has 37 heavy (non-hydrogen) atoms. The quantitative estimate of drug-likeness (QED) is 0.260. The number of benzene rings is 3. The first-order valence-electron chi connectivity index (χ1n) is 12.2. The van der Waals surface area contributed by atoms with Gasteiger partial charge in [-0.1, -0.05) is 65.8 Å². The first-order valence-corrected chi connectivity index (χ1v) is 13.9. The molecule has 9 heteroatoms. The average Bonchev–Trinajstić information content (AvgIpc) is 3.54. The fourth-order valence-corrected chi connectivity index (χ4v) is 6.10. The van der Waals surface area contributed by atoms with Crippen molar-refractivity contribution >= 4 is 20.9 Å². The highest BCUT2D eigenvalue weighted by atomic mass is 32.2. The van der Waals surface area contributed by atoms with Gasteiger partial charge in [0.25, 0.3) is 0 Å². The minimum atomic E-state index is -3.69. The van der Waals surface area contributed by atoms with E-state index in [1.165, 1.54) is 0 Å². The fraction of sp³-hybridized carbons (Fsp3) is 0.214. The van der Waals surface area contributed by atoms with E-state index in [1.54, 1.807) is 11.5 Å². The molecule has 0 fully saturated rings. The molecule has 0 bridgehead atoms. The minimum absolute atomic E-state index is 0.0921. The molecule has 0 saturated carbocycles. The second-order valence-electron chi connectivity index (χ2n) is 8.91. The summed E-state index contributed by atoms with van der Waals surface area (Å²) in [6, 6.07) is 26.8. The smallest absolute Gasteiger partial charge is 0.322 e. The summed E-state index contributed by atoms with van der Waals surface area (Å²) in [7, 11) is -3.69. The summed E-state index contributed by atoms with van der Waals surface area (Å²) >= 11 is 0. The van der Waals surface area contributed by atoms with Gasteiger partial charge in [-0.3, -0.25) is 4.57 Å². The Labute approximate surface area is 216 Å². The van der Waals surface area contributed by atoms with E-state index in [2.05, 4.69) is 19.9 Å². The Hall–Kier alpha value is -3.95. The number of aromatic nitrogens is 4. The maximum atomic E-state index is 13.4. The van der Waals surface area contributed by atoms with Crippen LogP contribution in [0.15, 0.2) is 91.1 Å². The van der Waals surface area contributed by atoms with Crippen LogP contribution in [0.25, 0.3) is 10.9 Å². The van der Waals surface area contributed by atoms with Crippen LogP contribution in [0.3, 0.4) is 0 Å². The Morgan fingerprint density at radius 2 is 1.62 bits per heavy atom. The second-order valence-corrected chi connectivity index (χ2v) is 10.7. The third-order valence-electron chi connectivity index (χ3n) is 6.33. The van der Waals surface area contributed by atoms with Gasteiger partial charge in [0, 0.05) is 30.2 Å². The summed E-state index contributed by atoms with van der Waals surface area (Å²) in [5.74, 6) is 0.701. The van der Waals surface area contributed by atoms with Crippen LogP contribution in [-0.2, 0) is 16.6 Å². The predicted molar refractivity (Wildman–Crippen MR) is 144 cm³/mol. The van der Waals surface area contributed by atoms with Crippen LogP contribution in [0.5, 0.6) is 11.8 Å². The third-order valence-corrected chi connectivity index (χ3v) is 7.82. The Balaban J connectivity index is 1.35. The van der Waals surface area contributed by atoms with E-state index >= 15 is 0 Å². The van der Waals surface area contributed by atoms with E-state index in [0.29, 0.717) is 24.1 Å². The van der Waals surface area contributed by atoms with Crippen molar-refractivity contribution in [3.05, 3.63) is 108 Å². The summed E-state index contributed by atoms with van der Waals surface area (Å²) in [4.78, 5) is 3.16. The summed E-state index contributed by atoms with van der Waals surface area (Å²) in [5, 5.41) is 9.55.